The van der Waals surface area contributed by atoms with Crippen LogP contribution < -0.4 is 10.6 Å². The molecule has 0 fully saturated rings. The second kappa shape index (κ2) is 11.6. The normalized spacial score (nSPS) is 19.8. The molecule has 0 bridgehead atoms. The van der Waals surface area contributed by atoms with Gasteiger partial charge in [0, 0.05) is 25.1 Å². The van der Waals surface area contributed by atoms with Crippen molar-refractivity contribution in [3.8, 4) is 6.07 Å². The Morgan fingerprint density at radius 3 is 2.38 bits per heavy atom. The molecule has 3 rings (SSSR count). The molecule has 1 aliphatic carbocycles. The number of nitrogens with one attached hydrogen (secondary N) is 2. The minimum Gasteiger partial charge on any atom is -0.352 e. The number of nitriles is 1. The summed E-state index contributed by atoms with van der Waals surface area (Å²) >= 11 is 0. The van der Waals surface area contributed by atoms with Gasteiger partial charge in [0.25, 0.3) is 5.91 Å². The first-order valence-corrected chi connectivity index (χ1v) is 11.7. The highest BCUT2D eigenvalue weighted by Crippen LogP contribution is 2.38. The highest BCUT2D eigenvalue weighted by molar-refractivity contribution is 5.94. The maximum Gasteiger partial charge on any atom is 0.251 e. The fourth-order valence-corrected chi connectivity index (χ4v) is 4.62. The number of nitrogens with zero attached hydrogens (tertiary/aromatic N) is 1. The average Bonchev–Trinajstić information content (AvgIpc) is 2.83. The van der Waals surface area contributed by atoms with Crippen LogP contribution in [0, 0.1) is 40.8 Å². The lowest BCUT2D eigenvalue weighted by atomic mass is 9.69. The summed E-state index contributed by atoms with van der Waals surface area (Å²) in [6.45, 7) is 7.36. The molecule has 0 aliphatic heterocycles. The number of allylic oxidation sites excluding steroid dienone is 1. The third-order valence-corrected chi connectivity index (χ3v) is 6.69. The summed E-state index contributed by atoms with van der Waals surface area (Å²) in [4.78, 5) is 25.1. The van der Waals surface area contributed by atoms with Crippen molar-refractivity contribution >= 4 is 11.8 Å². The molecule has 178 valence electrons. The van der Waals surface area contributed by atoms with Crippen LogP contribution in [-0.4, -0.2) is 18.4 Å². The lowest BCUT2D eigenvalue weighted by molar-refractivity contribution is -0.122. The van der Waals surface area contributed by atoms with Gasteiger partial charge in [-0.05, 0) is 79.0 Å². The summed E-state index contributed by atoms with van der Waals surface area (Å²) in [5, 5.41) is 14.9. The smallest absolute Gasteiger partial charge is 0.251 e. The molecular formula is C28H32FN3O2. The predicted molar refractivity (Wildman–Crippen MR) is 130 cm³/mol. The second-order valence-electron chi connectivity index (χ2n) is 9.42. The Morgan fingerprint density at radius 1 is 1.09 bits per heavy atom. The van der Waals surface area contributed by atoms with Crippen LogP contribution in [0.2, 0.25) is 0 Å². The van der Waals surface area contributed by atoms with Gasteiger partial charge in [0.2, 0.25) is 5.91 Å². The standard InChI is InChI=1S/C28H32FN3O2/c1-18(2)26-13-23(14-27(33)31-16-21-6-4-20(15-30)5-7-21)19(3)12-24(26)17-32-28(34)22-8-10-25(29)11-9-22/h4-12,18,23-24,26H,13-14,16-17H2,1-3H3,(H,31,33)(H,32,34). The van der Waals surface area contributed by atoms with Gasteiger partial charge in [-0.15, -0.1) is 0 Å². The van der Waals surface area contributed by atoms with E-state index in [2.05, 4.69) is 43.6 Å². The fourth-order valence-electron chi connectivity index (χ4n) is 4.62. The van der Waals surface area contributed by atoms with Crippen molar-refractivity contribution in [1.29, 1.82) is 5.26 Å². The number of amides is 2. The molecule has 34 heavy (non-hydrogen) atoms. The van der Waals surface area contributed by atoms with Gasteiger partial charge in [-0.3, -0.25) is 9.59 Å². The van der Waals surface area contributed by atoms with Crippen LogP contribution in [0.15, 0.2) is 60.2 Å². The molecule has 5 nitrogen and oxygen atoms in total. The minimum absolute atomic E-state index is 0.00711. The number of carbonyl (C=O) groups excluding carboxylic acids is 2. The van der Waals surface area contributed by atoms with E-state index in [4.69, 9.17) is 5.26 Å². The molecule has 0 heterocycles. The summed E-state index contributed by atoms with van der Waals surface area (Å²) in [6.07, 6.45) is 3.52. The average molecular weight is 462 g/mol. The van der Waals surface area contributed by atoms with Crippen molar-refractivity contribution in [3.05, 3.63) is 82.7 Å². The maximum absolute atomic E-state index is 13.1. The highest BCUT2D eigenvalue weighted by Gasteiger charge is 2.32. The summed E-state index contributed by atoms with van der Waals surface area (Å²) in [6, 6.07) is 14.8. The zero-order valence-corrected chi connectivity index (χ0v) is 20.0. The Kier molecular flexibility index (Phi) is 8.59. The van der Waals surface area contributed by atoms with Crippen LogP contribution >= 0.6 is 0 Å². The Morgan fingerprint density at radius 2 is 1.76 bits per heavy atom. The van der Waals surface area contributed by atoms with Gasteiger partial charge in [0.05, 0.1) is 11.6 Å². The first-order valence-electron chi connectivity index (χ1n) is 11.7. The van der Waals surface area contributed by atoms with E-state index in [1.54, 1.807) is 12.1 Å². The van der Waals surface area contributed by atoms with Crippen molar-refractivity contribution in [2.75, 3.05) is 6.54 Å². The number of carbonyl (C=O) groups is 2. The third-order valence-electron chi connectivity index (χ3n) is 6.69. The topological polar surface area (TPSA) is 82.0 Å². The SMILES string of the molecule is CC1=CC(CNC(=O)c2ccc(F)cc2)C(C(C)C)CC1CC(=O)NCc1ccc(C#N)cc1. The zero-order chi connectivity index (χ0) is 24.7. The van der Waals surface area contributed by atoms with Crippen LogP contribution in [0.4, 0.5) is 4.39 Å². The number of hydrogen-bond donors (Lipinski definition) is 2. The van der Waals surface area contributed by atoms with Gasteiger partial charge in [-0.2, -0.15) is 5.26 Å². The fraction of sp³-hybridized carbons (Fsp3) is 0.393. The first-order chi connectivity index (χ1) is 16.3. The van der Waals surface area contributed by atoms with E-state index in [0.29, 0.717) is 42.5 Å². The van der Waals surface area contributed by atoms with Crippen molar-refractivity contribution in [2.24, 2.45) is 23.7 Å². The van der Waals surface area contributed by atoms with E-state index in [9.17, 15) is 14.0 Å². The number of hydrogen-bond acceptors (Lipinski definition) is 3. The lowest BCUT2D eigenvalue weighted by Gasteiger charge is -2.37. The number of rotatable bonds is 8. The van der Waals surface area contributed by atoms with Crippen LogP contribution in [0.5, 0.6) is 0 Å². The molecule has 3 unspecified atom stereocenters. The van der Waals surface area contributed by atoms with Crippen molar-refractivity contribution in [1.82, 2.24) is 10.6 Å². The van der Waals surface area contributed by atoms with E-state index < -0.39 is 0 Å². The van der Waals surface area contributed by atoms with Gasteiger partial charge >= 0.3 is 0 Å². The Bertz CT molecular complexity index is 1070. The highest BCUT2D eigenvalue weighted by atomic mass is 19.1. The summed E-state index contributed by atoms with van der Waals surface area (Å²) in [5.74, 6) is 0.523. The zero-order valence-electron chi connectivity index (χ0n) is 20.0. The Labute approximate surface area is 201 Å². The van der Waals surface area contributed by atoms with E-state index in [1.807, 2.05) is 12.1 Å². The Hall–Kier alpha value is -3.46. The summed E-state index contributed by atoms with van der Waals surface area (Å²) in [7, 11) is 0. The number of benzene rings is 2. The quantitative estimate of drug-likeness (QED) is 0.544. The third kappa shape index (κ3) is 6.77. The van der Waals surface area contributed by atoms with Gasteiger partial charge in [0.15, 0.2) is 0 Å². The summed E-state index contributed by atoms with van der Waals surface area (Å²) in [5.41, 5.74) is 3.17. The van der Waals surface area contributed by atoms with Gasteiger partial charge < -0.3 is 10.6 Å². The molecule has 0 spiro atoms. The molecule has 6 heteroatoms. The van der Waals surface area contributed by atoms with E-state index in [-0.39, 0.29) is 29.5 Å². The molecule has 3 atom stereocenters. The summed E-state index contributed by atoms with van der Waals surface area (Å²) < 4.78 is 13.1. The van der Waals surface area contributed by atoms with Crippen molar-refractivity contribution in [2.45, 2.75) is 40.2 Å². The maximum atomic E-state index is 13.1. The first kappa shape index (κ1) is 25.2. The van der Waals surface area contributed by atoms with E-state index in [0.717, 1.165) is 12.0 Å². The van der Waals surface area contributed by atoms with Crippen molar-refractivity contribution < 1.29 is 14.0 Å². The van der Waals surface area contributed by atoms with Gasteiger partial charge in [-0.1, -0.05) is 37.6 Å². The Balaban J connectivity index is 1.57. The van der Waals surface area contributed by atoms with Gasteiger partial charge in [0.1, 0.15) is 5.82 Å². The minimum atomic E-state index is -0.366. The molecule has 2 amide bonds. The molecule has 0 saturated carbocycles. The van der Waals surface area contributed by atoms with Crippen LogP contribution in [0.3, 0.4) is 0 Å². The van der Waals surface area contributed by atoms with Crippen LogP contribution in [0.25, 0.3) is 0 Å². The monoisotopic (exact) mass is 461 g/mol. The van der Waals surface area contributed by atoms with E-state index >= 15 is 0 Å². The molecular weight excluding hydrogens is 429 g/mol. The lowest BCUT2D eigenvalue weighted by Crippen LogP contribution is -2.37. The molecule has 2 aromatic carbocycles. The predicted octanol–water partition coefficient (Wildman–Crippen LogP) is 4.99. The second-order valence-corrected chi connectivity index (χ2v) is 9.42. The van der Waals surface area contributed by atoms with Crippen LogP contribution in [-0.2, 0) is 11.3 Å². The van der Waals surface area contributed by atoms with E-state index in [1.165, 1.54) is 29.8 Å². The van der Waals surface area contributed by atoms with Gasteiger partial charge in [-0.25, -0.2) is 4.39 Å². The molecule has 1 aliphatic rings. The molecule has 2 N–H and O–H groups in total. The largest absolute Gasteiger partial charge is 0.352 e. The molecule has 0 radical (unpaired) electrons. The molecule has 0 saturated heterocycles. The molecule has 2 aromatic rings. The van der Waals surface area contributed by atoms with Crippen LogP contribution in [0.1, 0.15) is 55.1 Å². The molecule has 0 aromatic heterocycles. The van der Waals surface area contributed by atoms with Crippen molar-refractivity contribution in [3.63, 3.8) is 0 Å². The number of halogens is 1.